The van der Waals surface area contributed by atoms with Crippen LogP contribution in [0.3, 0.4) is 0 Å². The zero-order valence-corrected chi connectivity index (χ0v) is 19.4. The van der Waals surface area contributed by atoms with E-state index in [1.165, 1.54) is 16.7 Å². The summed E-state index contributed by atoms with van der Waals surface area (Å²) in [5.41, 5.74) is 7.62. The molecule has 33 heavy (non-hydrogen) atoms. The number of carbonyl (C=O) groups is 1. The fraction of sp³-hybridized carbons (Fsp3) is 0.296. The third-order valence-electron chi connectivity index (χ3n) is 4.47. The summed E-state index contributed by atoms with van der Waals surface area (Å²) in [5.74, 6) is 0. The van der Waals surface area contributed by atoms with Crippen molar-refractivity contribution in [2.24, 2.45) is 0 Å². The van der Waals surface area contributed by atoms with Gasteiger partial charge in [-0.25, -0.2) is 4.79 Å². The lowest BCUT2D eigenvalue weighted by Crippen LogP contribution is -2.25. The van der Waals surface area contributed by atoms with Gasteiger partial charge in [0.2, 0.25) is 0 Å². The summed E-state index contributed by atoms with van der Waals surface area (Å²) in [6.45, 7) is 5.51. The minimum atomic E-state index is -0.452. The van der Waals surface area contributed by atoms with Crippen LogP contribution in [0.4, 0.5) is 4.79 Å². The Labute approximate surface area is 196 Å². The highest BCUT2D eigenvalue weighted by molar-refractivity contribution is 5.67. The molecule has 3 aromatic rings. The highest BCUT2D eigenvalue weighted by atomic mass is 16.7. The number of alkyl carbamates (subject to hydrolysis) is 1. The van der Waals surface area contributed by atoms with E-state index in [9.17, 15) is 4.79 Å². The van der Waals surface area contributed by atoms with Crippen LogP contribution in [0.1, 0.15) is 31.4 Å². The van der Waals surface area contributed by atoms with Crippen LogP contribution in [-0.2, 0) is 22.7 Å². The first-order valence-corrected chi connectivity index (χ1v) is 11.2. The van der Waals surface area contributed by atoms with Gasteiger partial charge in [-0.2, -0.15) is 5.48 Å². The van der Waals surface area contributed by atoms with Crippen molar-refractivity contribution in [2.45, 2.75) is 39.5 Å². The first kappa shape index (κ1) is 26.1. The monoisotopic (exact) mass is 450 g/mol. The third kappa shape index (κ3) is 11.3. The smallest absolute Gasteiger partial charge is 0.407 e. The minimum Gasteiger partial charge on any atom is -0.445 e. The predicted octanol–water partition coefficient (Wildman–Crippen LogP) is 5.08. The van der Waals surface area contributed by atoms with Crippen molar-refractivity contribution in [1.29, 1.82) is 0 Å². The summed E-state index contributed by atoms with van der Waals surface area (Å²) in [5, 5.41) is 11.0. The van der Waals surface area contributed by atoms with Gasteiger partial charge in [-0.05, 0) is 42.5 Å². The number of nitrogens with one attached hydrogen (secondary N) is 2. The molecule has 176 valence electrons. The topological polar surface area (TPSA) is 79.8 Å². The van der Waals surface area contributed by atoms with Crippen molar-refractivity contribution >= 4 is 6.09 Å². The second-order valence-electron chi connectivity index (χ2n) is 7.62. The molecule has 0 atom stereocenters. The Bertz CT molecular complexity index is 900. The summed E-state index contributed by atoms with van der Waals surface area (Å²) in [4.78, 5) is 16.4. The summed E-state index contributed by atoms with van der Waals surface area (Å²) in [6, 6.07) is 28.4. The molecule has 1 amide bonds. The number of benzene rings is 3. The van der Waals surface area contributed by atoms with Crippen LogP contribution in [0, 0.1) is 0 Å². The summed E-state index contributed by atoms with van der Waals surface area (Å²) in [6.07, 6.45) is 0.293. The number of carbonyl (C=O) groups excluding carboxylic acids is 1. The fourth-order valence-corrected chi connectivity index (χ4v) is 2.78. The molecule has 3 N–H and O–H groups in total. The largest absolute Gasteiger partial charge is 0.445 e. The zero-order chi connectivity index (χ0) is 23.7. The van der Waals surface area contributed by atoms with E-state index in [0.29, 0.717) is 13.0 Å². The molecule has 0 aromatic heterocycles. The van der Waals surface area contributed by atoms with Crippen LogP contribution in [0.5, 0.6) is 0 Å². The second-order valence-corrected chi connectivity index (χ2v) is 7.62. The number of hydrogen-bond donors (Lipinski definition) is 3. The summed E-state index contributed by atoms with van der Waals surface area (Å²) >= 11 is 0. The molecule has 0 unspecified atom stereocenters. The van der Waals surface area contributed by atoms with Gasteiger partial charge in [0, 0.05) is 19.7 Å². The van der Waals surface area contributed by atoms with E-state index in [4.69, 9.17) is 14.7 Å². The van der Waals surface area contributed by atoms with Crippen molar-refractivity contribution in [1.82, 2.24) is 10.8 Å². The van der Waals surface area contributed by atoms with Gasteiger partial charge < -0.3 is 15.2 Å². The highest BCUT2D eigenvalue weighted by Crippen LogP contribution is 2.19. The first-order chi connectivity index (χ1) is 16.1. The molecule has 0 aliphatic carbocycles. The molecule has 0 aliphatic rings. The fourth-order valence-electron chi connectivity index (χ4n) is 2.78. The molecule has 0 saturated heterocycles. The molecular formula is C27H34N2O4. The molecule has 6 nitrogen and oxygen atoms in total. The van der Waals surface area contributed by atoms with E-state index in [1.54, 1.807) is 0 Å². The van der Waals surface area contributed by atoms with E-state index in [-0.39, 0.29) is 19.3 Å². The third-order valence-corrected chi connectivity index (χ3v) is 4.47. The highest BCUT2D eigenvalue weighted by Gasteiger charge is 2.01. The van der Waals surface area contributed by atoms with Gasteiger partial charge in [0.15, 0.2) is 0 Å². The quantitative estimate of drug-likeness (QED) is 0.297. The molecule has 0 heterocycles. The zero-order valence-electron chi connectivity index (χ0n) is 19.4. The van der Waals surface area contributed by atoms with Crippen molar-refractivity contribution in [3.05, 3.63) is 96.1 Å². The number of hydrogen-bond acceptors (Lipinski definition) is 5. The van der Waals surface area contributed by atoms with Gasteiger partial charge in [-0.3, -0.25) is 4.84 Å². The van der Waals surface area contributed by atoms with Gasteiger partial charge >= 0.3 is 6.09 Å². The first-order valence-electron chi connectivity index (χ1n) is 11.2. The molecule has 0 saturated carbocycles. The van der Waals surface area contributed by atoms with Gasteiger partial charge in [0.25, 0.3) is 0 Å². The van der Waals surface area contributed by atoms with Crippen molar-refractivity contribution in [2.75, 3.05) is 13.2 Å². The van der Waals surface area contributed by atoms with E-state index in [1.807, 2.05) is 50.2 Å². The molecule has 0 bridgehead atoms. The van der Waals surface area contributed by atoms with Crippen LogP contribution < -0.4 is 10.8 Å². The van der Waals surface area contributed by atoms with Crippen LogP contribution in [-0.4, -0.2) is 30.5 Å². The lowest BCUT2D eigenvalue weighted by molar-refractivity contribution is -0.00883. The Kier molecular flexibility index (Phi) is 12.3. The maximum atomic E-state index is 11.1. The lowest BCUT2D eigenvalue weighted by atomic mass is 10.0. The standard InChI is InChI=1S/C16H19NO.C11H15NO3/c1-13(2)18-17-12-14-8-10-16(11-9-14)15-6-4-3-5-7-15;13-8-4-7-12-11(14)15-9-10-5-2-1-3-6-10/h3-11,13,17H,12H2,1-2H3;1-3,5-6,13H,4,7-9H2,(H,12,14). The predicted molar refractivity (Wildman–Crippen MR) is 131 cm³/mol. The average molecular weight is 451 g/mol. The number of aliphatic hydroxyl groups is 1. The van der Waals surface area contributed by atoms with Gasteiger partial charge in [-0.1, -0.05) is 84.9 Å². The van der Waals surface area contributed by atoms with E-state index < -0.39 is 6.09 Å². The molecule has 0 spiro atoms. The van der Waals surface area contributed by atoms with Crippen LogP contribution in [0.25, 0.3) is 11.1 Å². The van der Waals surface area contributed by atoms with Crippen molar-refractivity contribution < 1.29 is 19.5 Å². The Hall–Kier alpha value is -3.19. The lowest BCUT2D eigenvalue weighted by Gasteiger charge is -2.09. The van der Waals surface area contributed by atoms with Crippen molar-refractivity contribution in [3.63, 3.8) is 0 Å². The molecule has 0 fully saturated rings. The van der Waals surface area contributed by atoms with Crippen LogP contribution in [0.15, 0.2) is 84.9 Å². The maximum absolute atomic E-state index is 11.1. The van der Waals surface area contributed by atoms with Gasteiger partial charge in [0.1, 0.15) is 6.61 Å². The second kappa shape index (κ2) is 15.6. The Morgan fingerprint density at radius 2 is 1.45 bits per heavy atom. The summed E-state index contributed by atoms with van der Waals surface area (Å²) < 4.78 is 4.94. The van der Waals surface area contributed by atoms with Gasteiger partial charge in [-0.15, -0.1) is 0 Å². The number of amides is 1. The normalized spacial score (nSPS) is 10.3. The van der Waals surface area contributed by atoms with Gasteiger partial charge in [0.05, 0.1) is 6.10 Å². The number of rotatable bonds is 10. The molecule has 6 heteroatoms. The van der Waals surface area contributed by atoms with E-state index in [2.05, 4.69) is 59.3 Å². The molecular weight excluding hydrogens is 416 g/mol. The Balaban J connectivity index is 0.000000238. The molecule has 0 aliphatic heterocycles. The minimum absolute atomic E-state index is 0.0684. The number of ether oxygens (including phenoxy) is 1. The van der Waals surface area contributed by atoms with E-state index >= 15 is 0 Å². The Morgan fingerprint density at radius 3 is 2.06 bits per heavy atom. The SMILES string of the molecule is CC(C)ONCc1ccc(-c2ccccc2)cc1.O=C(NCCCO)OCc1ccccc1. The number of hydroxylamine groups is 1. The van der Waals surface area contributed by atoms with Crippen molar-refractivity contribution in [3.8, 4) is 11.1 Å². The summed E-state index contributed by atoms with van der Waals surface area (Å²) in [7, 11) is 0. The van der Waals surface area contributed by atoms with E-state index in [0.717, 1.165) is 12.1 Å². The maximum Gasteiger partial charge on any atom is 0.407 e. The molecule has 3 rings (SSSR count). The number of aliphatic hydroxyl groups excluding tert-OH is 1. The van der Waals surface area contributed by atoms with Crippen LogP contribution >= 0.6 is 0 Å². The Morgan fingerprint density at radius 1 is 0.848 bits per heavy atom. The average Bonchev–Trinajstić information content (AvgIpc) is 2.85. The molecule has 0 radical (unpaired) electrons. The molecule has 3 aromatic carbocycles. The van der Waals surface area contributed by atoms with Crippen LogP contribution in [0.2, 0.25) is 0 Å².